The summed E-state index contributed by atoms with van der Waals surface area (Å²) in [5.74, 6) is 1.44. The summed E-state index contributed by atoms with van der Waals surface area (Å²) in [7, 11) is 0. The molecule has 23 heavy (non-hydrogen) atoms. The van der Waals surface area contributed by atoms with Gasteiger partial charge in [0.15, 0.2) is 5.16 Å². The first-order valence-corrected chi connectivity index (χ1v) is 9.54. The zero-order valence-corrected chi connectivity index (χ0v) is 14.6. The quantitative estimate of drug-likeness (QED) is 0.676. The lowest BCUT2D eigenvalue weighted by Gasteiger charge is -2.23. The number of carbonyl (C=O) groups excluding carboxylic acids is 1. The Morgan fingerprint density at radius 2 is 2.17 bits per heavy atom. The first kappa shape index (κ1) is 16.1. The fourth-order valence-corrected chi connectivity index (χ4v) is 3.66. The molecule has 0 spiro atoms. The van der Waals surface area contributed by atoms with Crippen LogP contribution in [0.15, 0.2) is 28.7 Å². The average Bonchev–Trinajstić information content (AvgIpc) is 2.98. The van der Waals surface area contributed by atoms with Crippen LogP contribution < -0.4 is 10.6 Å². The number of anilines is 2. The second-order valence-electron chi connectivity index (χ2n) is 5.25. The Balaban J connectivity index is 1.71. The summed E-state index contributed by atoms with van der Waals surface area (Å²) in [6.45, 7) is 3.07. The lowest BCUT2D eigenvalue weighted by atomic mass is 10.3. The van der Waals surface area contributed by atoms with Crippen LogP contribution in [0.1, 0.15) is 16.1 Å². The van der Waals surface area contributed by atoms with E-state index < -0.39 is 0 Å². The highest BCUT2D eigenvalue weighted by atomic mass is 32.2. The third kappa shape index (κ3) is 3.76. The number of thioether (sulfide) groups is 1. The minimum absolute atomic E-state index is 0.119. The number of carbonyl (C=O) groups is 1. The molecule has 0 saturated carbocycles. The summed E-state index contributed by atoms with van der Waals surface area (Å²) < 4.78 is 0. The molecule has 2 N–H and O–H groups in total. The number of hydrogen-bond acceptors (Lipinski definition) is 7. The van der Waals surface area contributed by atoms with Gasteiger partial charge in [0.25, 0.3) is 5.91 Å². The molecule has 0 bridgehead atoms. The fourth-order valence-electron chi connectivity index (χ4n) is 2.59. The molecule has 0 unspecified atom stereocenters. The molecule has 1 aliphatic rings. The molecule has 0 atom stereocenters. The second kappa shape index (κ2) is 7.18. The van der Waals surface area contributed by atoms with E-state index in [-0.39, 0.29) is 5.91 Å². The Hall–Kier alpha value is -1.80. The van der Waals surface area contributed by atoms with Gasteiger partial charge in [-0.3, -0.25) is 4.79 Å². The van der Waals surface area contributed by atoms with E-state index >= 15 is 0 Å². The molecule has 3 rings (SSSR count). The highest BCUT2D eigenvalue weighted by Crippen LogP contribution is 2.21. The SMILES string of the molecule is CSc1nc(N)cc(N2CCCN(C(=O)c3cccs3)CC2)n1. The van der Waals surface area contributed by atoms with E-state index in [1.54, 1.807) is 6.07 Å². The van der Waals surface area contributed by atoms with Gasteiger partial charge in [0.1, 0.15) is 11.6 Å². The smallest absolute Gasteiger partial charge is 0.263 e. The molecule has 0 radical (unpaired) electrons. The number of thiophene rings is 1. The lowest BCUT2D eigenvalue weighted by Crippen LogP contribution is -2.35. The van der Waals surface area contributed by atoms with Crippen LogP contribution in [0.5, 0.6) is 0 Å². The van der Waals surface area contributed by atoms with E-state index in [0.29, 0.717) is 17.5 Å². The highest BCUT2D eigenvalue weighted by molar-refractivity contribution is 7.98. The number of aromatic nitrogens is 2. The largest absolute Gasteiger partial charge is 0.383 e. The van der Waals surface area contributed by atoms with Crippen LogP contribution in [0.3, 0.4) is 0 Å². The van der Waals surface area contributed by atoms with Crippen LogP contribution in [0.4, 0.5) is 11.6 Å². The molecule has 0 aliphatic carbocycles. The van der Waals surface area contributed by atoms with Crippen LogP contribution in [0.25, 0.3) is 0 Å². The standard InChI is InChI=1S/C15H19N5OS2/c1-22-15-17-12(16)10-13(18-15)19-5-3-6-20(8-7-19)14(21)11-4-2-9-23-11/h2,4,9-10H,3,5-8H2,1H3,(H2,16,17,18). The van der Waals surface area contributed by atoms with Crippen molar-refractivity contribution in [2.45, 2.75) is 11.6 Å². The topological polar surface area (TPSA) is 75.3 Å². The number of amides is 1. The molecular formula is C15H19N5OS2. The maximum Gasteiger partial charge on any atom is 0.263 e. The normalized spacial score (nSPS) is 15.5. The molecule has 0 aromatic carbocycles. The van der Waals surface area contributed by atoms with Crippen LogP contribution >= 0.6 is 23.1 Å². The van der Waals surface area contributed by atoms with Gasteiger partial charge in [-0.15, -0.1) is 11.3 Å². The molecule has 8 heteroatoms. The Bertz CT molecular complexity index is 677. The molecule has 1 fully saturated rings. The molecule has 6 nitrogen and oxygen atoms in total. The van der Waals surface area contributed by atoms with Gasteiger partial charge in [0.05, 0.1) is 4.88 Å². The maximum atomic E-state index is 12.5. The highest BCUT2D eigenvalue weighted by Gasteiger charge is 2.22. The zero-order chi connectivity index (χ0) is 16.2. The molecule has 1 aliphatic heterocycles. The van der Waals surface area contributed by atoms with Crippen molar-refractivity contribution in [2.75, 3.05) is 43.1 Å². The Labute approximate surface area is 143 Å². The second-order valence-corrected chi connectivity index (χ2v) is 6.97. The molecule has 2 aromatic rings. The van der Waals surface area contributed by atoms with Crippen molar-refractivity contribution in [3.8, 4) is 0 Å². The third-order valence-electron chi connectivity index (χ3n) is 3.73. The molecule has 3 heterocycles. The molecule has 1 saturated heterocycles. The van der Waals surface area contributed by atoms with Crippen LogP contribution in [0, 0.1) is 0 Å². The van der Waals surface area contributed by atoms with Crippen molar-refractivity contribution in [2.24, 2.45) is 0 Å². The van der Waals surface area contributed by atoms with E-state index in [2.05, 4.69) is 14.9 Å². The van der Waals surface area contributed by atoms with Crippen molar-refractivity contribution < 1.29 is 4.79 Å². The predicted molar refractivity (Wildman–Crippen MR) is 95.3 cm³/mol. The number of nitrogens with zero attached hydrogens (tertiary/aromatic N) is 4. The van der Waals surface area contributed by atoms with Gasteiger partial charge in [-0.25, -0.2) is 9.97 Å². The number of nitrogens with two attached hydrogens (primary N) is 1. The van der Waals surface area contributed by atoms with Crippen LogP contribution in [-0.4, -0.2) is 53.2 Å². The van der Waals surface area contributed by atoms with E-state index in [1.165, 1.54) is 23.1 Å². The van der Waals surface area contributed by atoms with E-state index in [4.69, 9.17) is 5.73 Å². The first-order valence-electron chi connectivity index (χ1n) is 7.43. The number of rotatable bonds is 3. The van der Waals surface area contributed by atoms with Gasteiger partial charge in [0, 0.05) is 32.2 Å². The van der Waals surface area contributed by atoms with E-state index in [1.807, 2.05) is 28.7 Å². The van der Waals surface area contributed by atoms with Gasteiger partial charge in [-0.2, -0.15) is 0 Å². The Morgan fingerprint density at radius 1 is 1.30 bits per heavy atom. The van der Waals surface area contributed by atoms with E-state index in [0.717, 1.165) is 36.8 Å². The number of nitrogen functional groups attached to an aromatic ring is 1. The van der Waals surface area contributed by atoms with Crippen molar-refractivity contribution in [1.29, 1.82) is 0 Å². The van der Waals surface area contributed by atoms with Crippen molar-refractivity contribution >= 4 is 40.6 Å². The van der Waals surface area contributed by atoms with E-state index in [9.17, 15) is 4.79 Å². The molecule has 122 valence electrons. The fraction of sp³-hybridized carbons (Fsp3) is 0.400. The summed E-state index contributed by atoms with van der Waals surface area (Å²) in [5, 5.41) is 2.61. The molecule has 1 amide bonds. The van der Waals surface area contributed by atoms with Gasteiger partial charge in [-0.1, -0.05) is 17.8 Å². The first-order chi connectivity index (χ1) is 11.2. The number of hydrogen-bond donors (Lipinski definition) is 1. The Kier molecular flexibility index (Phi) is 5.02. The van der Waals surface area contributed by atoms with Crippen LogP contribution in [-0.2, 0) is 0 Å². The Morgan fingerprint density at radius 3 is 2.91 bits per heavy atom. The molecular weight excluding hydrogens is 330 g/mol. The summed E-state index contributed by atoms with van der Waals surface area (Å²) in [6.07, 6.45) is 2.85. The maximum absolute atomic E-state index is 12.5. The summed E-state index contributed by atoms with van der Waals surface area (Å²) in [4.78, 5) is 26.1. The lowest BCUT2D eigenvalue weighted by molar-refractivity contribution is 0.0772. The van der Waals surface area contributed by atoms with Crippen molar-refractivity contribution in [1.82, 2.24) is 14.9 Å². The monoisotopic (exact) mass is 349 g/mol. The minimum atomic E-state index is 0.119. The van der Waals surface area contributed by atoms with Crippen molar-refractivity contribution in [3.05, 3.63) is 28.5 Å². The third-order valence-corrected chi connectivity index (χ3v) is 5.14. The van der Waals surface area contributed by atoms with Gasteiger partial charge in [-0.05, 0) is 24.1 Å². The summed E-state index contributed by atoms with van der Waals surface area (Å²) in [6, 6.07) is 5.59. The minimum Gasteiger partial charge on any atom is -0.383 e. The zero-order valence-electron chi connectivity index (χ0n) is 12.9. The van der Waals surface area contributed by atoms with Crippen LogP contribution in [0.2, 0.25) is 0 Å². The predicted octanol–water partition coefficient (Wildman–Crippen LogP) is 2.19. The van der Waals surface area contributed by atoms with Gasteiger partial charge < -0.3 is 15.5 Å². The van der Waals surface area contributed by atoms with Gasteiger partial charge in [0.2, 0.25) is 0 Å². The van der Waals surface area contributed by atoms with Crippen molar-refractivity contribution in [3.63, 3.8) is 0 Å². The summed E-state index contributed by atoms with van der Waals surface area (Å²) >= 11 is 2.97. The molecule has 2 aromatic heterocycles. The summed E-state index contributed by atoms with van der Waals surface area (Å²) in [5.41, 5.74) is 5.87. The van der Waals surface area contributed by atoms with Gasteiger partial charge >= 0.3 is 0 Å². The average molecular weight is 349 g/mol.